The molecule has 1 aliphatic rings. The third-order valence-corrected chi connectivity index (χ3v) is 5.76. The molecule has 0 saturated carbocycles. The first-order chi connectivity index (χ1) is 15.4. The van der Waals surface area contributed by atoms with Crippen LogP contribution in [0.25, 0.3) is 0 Å². The summed E-state index contributed by atoms with van der Waals surface area (Å²) in [7, 11) is 0. The van der Waals surface area contributed by atoms with Gasteiger partial charge < -0.3 is 20.3 Å². The van der Waals surface area contributed by atoms with Gasteiger partial charge in [-0.25, -0.2) is 9.59 Å². The third kappa shape index (κ3) is 6.09. The van der Waals surface area contributed by atoms with Crippen LogP contribution in [0.3, 0.4) is 0 Å². The Labute approximate surface area is 187 Å². The molecule has 2 aromatic rings. The number of hydrogen-bond acceptors (Lipinski definition) is 5. The van der Waals surface area contributed by atoms with Gasteiger partial charge in [0.05, 0.1) is 12.2 Å². The lowest BCUT2D eigenvalue weighted by molar-refractivity contribution is -0.142. The van der Waals surface area contributed by atoms with Crippen LogP contribution in [0.4, 0.5) is 0 Å². The number of benzene rings is 2. The molecule has 170 valence electrons. The molecule has 0 saturated heterocycles. The Bertz CT molecular complexity index is 969. The fourth-order valence-electron chi connectivity index (χ4n) is 3.86. The molecule has 0 aromatic heterocycles. The first-order valence-corrected chi connectivity index (χ1v) is 11.0. The van der Waals surface area contributed by atoms with Crippen LogP contribution in [0.15, 0.2) is 42.5 Å². The van der Waals surface area contributed by atoms with Crippen LogP contribution in [0.1, 0.15) is 53.2 Å². The molecule has 3 rings (SSSR count). The fraction of sp³-hybridized carbons (Fsp3) is 0.400. The van der Waals surface area contributed by atoms with Gasteiger partial charge in [0.2, 0.25) is 5.91 Å². The minimum atomic E-state index is -1.11. The molecular weight excluding hydrogens is 410 g/mol. The molecule has 0 bridgehead atoms. The van der Waals surface area contributed by atoms with Crippen LogP contribution in [0.2, 0.25) is 0 Å². The van der Waals surface area contributed by atoms with Crippen molar-refractivity contribution >= 4 is 17.8 Å². The standard InChI is InChI=1S/C25H29NO6/c1-2-3-12-32-25(31)17-6-4-16(5-7-17)13-22(24(29)30)26-23(28)20-9-8-19-15-21(27)11-10-18(19)14-20/h4-7,10-11,15,20,22,27H,2-3,8-9,12-14H2,1H3,(H,26,28)(H,29,30)/t20?,22-/m0/s1. The number of carboxylic acids is 1. The number of fused-ring (bicyclic) bond motifs is 1. The van der Waals surface area contributed by atoms with E-state index in [2.05, 4.69) is 5.32 Å². The number of carbonyl (C=O) groups excluding carboxylic acids is 2. The van der Waals surface area contributed by atoms with Crippen molar-refractivity contribution in [3.8, 4) is 5.75 Å². The van der Waals surface area contributed by atoms with Crippen LogP contribution in [0.5, 0.6) is 5.75 Å². The van der Waals surface area contributed by atoms with E-state index in [1.807, 2.05) is 13.0 Å². The number of nitrogens with one attached hydrogen (secondary N) is 1. The van der Waals surface area contributed by atoms with E-state index in [0.29, 0.717) is 37.0 Å². The molecule has 0 radical (unpaired) electrons. The number of ether oxygens (including phenoxy) is 1. The second-order valence-electron chi connectivity index (χ2n) is 8.18. The Balaban J connectivity index is 1.58. The molecule has 7 heteroatoms. The average Bonchev–Trinajstić information content (AvgIpc) is 2.78. The Morgan fingerprint density at radius 1 is 1.12 bits per heavy atom. The van der Waals surface area contributed by atoms with Gasteiger partial charge >= 0.3 is 11.9 Å². The second-order valence-corrected chi connectivity index (χ2v) is 8.18. The summed E-state index contributed by atoms with van der Waals surface area (Å²) in [6.07, 6.45) is 3.63. The number of esters is 1. The van der Waals surface area contributed by atoms with Crippen LogP contribution >= 0.6 is 0 Å². The van der Waals surface area contributed by atoms with Crippen molar-refractivity contribution in [3.05, 3.63) is 64.7 Å². The largest absolute Gasteiger partial charge is 0.508 e. The Morgan fingerprint density at radius 2 is 1.88 bits per heavy atom. The lowest BCUT2D eigenvalue weighted by Crippen LogP contribution is -2.46. The van der Waals surface area contributed by atoms with Gasteiger partial charge in [0.15, 0.2) is 0 Å². The number of aliphatic carboxylic acids is 1. The summed E-state index contributed by atoms with van der Waals surface area (Å²) in [6, 6.07) is 10.6. The predicted molar refractivity (Wildman–Crippen MR) is 119 cm³/mol. The average molecular weight is 440 g/mol. The highest BCUT2D eigenvalue weighted by Gasteiger charge is 2.28. The number of amides is 1. The van der Waals surface area contributed by atoms with Crippen molar-refractivity contribution in [1.29, 1.82) is 0 Å². The van der Waals surface area contributed by atoms with Crippen molar-refractivity contribution in [1.82, 2.24) is 5.32 Å². The molecule has 2 aromatic carbocycles. The molecule has 7 nitrogen and oxygen atoms in total. The zero-order valence-electron chi connectivity index (χ0n) is 18.2. The number of aryl methyl sites for hydroxylation is 1. The number of carbonyl (C=O) groups is 3. The predicted octanol–water partition coefficient (Wildman–Crippen LogP) is 3.27. The van der Waals surface area contributed by atoms with Crippen LogP contribution in [0, 0.1) is 5.92 Å². The van der Waals surface area contributed by atoms with E-state index in [9.17, 15) is 24.6 Å². The van der Waals surface area contributed by atoms with E-state index in [0.717, 1.165) is 24.0 Å². The maximum absolute atomic E-state index is 12.8. The number of unbranched alkanes of at least 4 members (excludes halogenated alkanes) is 1. The quantitative estimate of drug-likeness (QED) is 0.408. The number of rotatable bonds is 9. The maximum Gasteiger partial charge on any atom is 0.338 e. The lowest BCUT2D eigenvalue weighted by atomic mass is 9.83. The number of phenols is 1. The maximum atomic E-state index is 12.8. The third-order valence-electron chi connectivity index (χ3n) is 5.76. The molecule has 2 atom stereocenters. The van der Waals surface area contributed by atoms with Crippen molar-refractivity contribution in [2.75, 3.05) is 6.61 Å². The number of hydrogen-bond donors (Lipinski definition) is 3. The minimum Gasteiger partial charge on any atom is -0.508 e. The summed E-state index contributed by atoms with van der Waals surface area (Å²) in [5.74, 6) is -1.90. The van der Waals surface area contributed by atoms with E-state index >= 15 is 0 Å². The van der Waals surface area contributed by atoms with Crippen molar-refractivity contribution < 1.29 is 29.3 Å². The summed E-state index contributed by atoms with van der Waals surface area (Å²) in [5, 5.41) is 21.9. The smallest absolute Gasteiger partial charge is 0.338 e. The summed E-state index contributed by atoms with van der Waals surface area (Å²) in [6.45, 7) is 2.39. The zero-order valence-corrected chi connectivity index (χ0v) is 18.2. The van der Waals surface area contributed by atoms with Crippen molar-refractivity contribution in [3.63, 3.8) is 0 Å². The highest BCUT2D eigenvalue weighted by atomic mass is 16.5. The Kier molecular flexibility index (Phi) is 7.87. The van der Waals surface area contributed by atoms with E-state index in [1.54, 1.807) is 36.4 Å². The van der Waals surface area contributed by atoms with Crippen molar-refractivity contribution in [2.24, 2.45) is 5.92 Å². The summed E-state index contributed by atoms with van der Waals surface area (Å²) in [5.41, 5.74) is 3.14. The number of aromatic hydroxyl groups is 1. The molecular formula is C25H29NO6. The van der Waals surface area contributed by atoms with Crippen LogP contribution in [-0.2, 0) is 33.6 Å². The van der Waals surface area contributed by atoms with E-state index in [1.165, 1.54) is 0 Å². The molecule has 1 aliphatic carbocycles. The zero-order chi connectivity index (χ0) is 23.1. The Morgan fingerprint density at radius 3 is 2.56 bits per heavy atom. The van der Waals surface area contributed by atoms with Gasteiger partial charge in [0, 0.05) is 12.3 Å². The normalized spacial score (nSPS) is 16.0. The first-order valence-electron chi connectivity index (χ1n) is 11.0. The van der Waals surface area contributed by atoms with Crippen molar-refractivity contribution in [2.45, 2.75) is 51.5 Å². The SMILES string of the molecule is CCCCOC(=O)c1ccc(C[C@H](NC(=O)C2CCc3cc(O)ccc3C2)C(=O)O)cc1. The molecule has 0 spiro atoms. The topological polar surface area (TPSA) is 113 Å². The monoisotopic (exact) mass is 439 g/mol. The molecule has 0 aliphatic heterocycles. The molecule has 1 amide bonds. The molecule has 0 fully saturated rings. The summed E-state index contributed by atoms with van der Waals surface area (Å²) >= 11 is 0. The highest BCUT2D eigenvalue weighted by Crippen LogP contribution is 2.28. The van der Waals surface area contributed by atoms with Gasteiger partial charge in [-0.15, -0.1) is 0 Å². The van der Waals surface area contributed by atoms with Gasteiger partial charge in [0.25, 0.3) is 0 Å². The van der Waals surface area contributed by atoms with Gasteiger partial charge in [0.1, 0.15) is 11.8 Å². The Hall–Kier alpha value is -3.35. The molecule has 0 heterocycles. The van der Waals surface area contributed by atoms with Gasteiger partial charge in [-0.1, -0.05) is 31.5 Å². The summed E-state index contributed by atoms with van der Waals surface area (Å²) in [4.78, 5) is 36.5. The highest BCUT2D eigenvalue weighted by molar-refractivity contribution is 5.89. The van der Waals surface area contributed by atoms with Gasteiger partial charge in [-0.05, 0) is 66.6 Å². The van der Waals surface area contributed by atoms with Crippen LogP contribution in [-0.4, -0.2) is 40.7 Å². The van der Waals surface area contributed by atoms with E-state index in [-0.39, 0.29) is 24.0 Å². The number of carboxylic acid groups (broad SMARTS) is 1. The van der Waals surface area contributed by atoms with E-state index in [4.69, 9.17) is 4.74 Å². The van der Waals surface area contributed by atoms with E-state index < -0.39 is 18.0 Å². The lowest BCUT2D eigenvalue weighted by Gasteiger charge is -2.25. The summed E-state index contributed by atoms with van der Waals surface area (Å²) < 4.78 is 5.18. The second kappa shape index (κ2) is 10.8. The number of phenolic OH excluding ortho intramolecular Hbond substituents is 1. The molecule has 1 unspecified atom stereocenters. The first kappa shape index (κ1) is 23.3. The molecule has 3 N–H and O–H groups in total. The van der Waals surface area contributed by atoms with Gasteiger partial charge in [-0.2, -0.15) is 0 Å². The fourth-order valence-corrected chi connectivity index (χ4v) is 3.86. The van der Waals surface area contributed by atoms with Gasteiger partial charge in [-0.3, -0.25) is 4.79 Å². The minimum absolute atomic E-state index is 0.114. The van der Waals surface area contributed by atoms with Crippen LogP contribution < -0.4 is 5.32 Å². The molecule has 32 heavy (non-hydrogen) atoms.